The summed E-state index contributed by atoms with van der Waals surface area (Å²) in [4.78, 5) is 24.4. The Morgan fingerprint density at radius 3 is 2.89 bits per heavy atom. The number of aliphatic hydroxyl groups excluding tert-OH is 1. The molecule has 3 unspecified atom stereocenters. The maximum Gasteiger partial charge on any atom is 0.331 e. The van der Waals surface area contributed by atoms with Gasteiger partial charge in [0.05, 0.1) is 0 Å². The molecule has 1 aliphatic heterocycles. The van der Waals surface area contributed by atoms with Crippen LogP contribution in [0.1, 0.15) is 6.23 Å². The van der Waals surface area contributed by atoms with Crippen molar-refractivity contribution in [1.29, 1.82) is 0 Å². The van der Waals surface area contributed by atoms with Gasteiger partial charge in [-0.2, -0.15) is 0 Å². The number of hydrogen-bond donors (Lipinski definition) is 2. The number of nitrogens with one attached hydrogen (secondary N) is 1. The maximum absolute atomic E-state index is 14.4. The van der Waals surface area contributed by atoms with Crippen LogP contribution in [0.15, 0.2) is 34.2 Å². The standard InChI is InChI=1S/C11H9FN2O4/c1-3-11(12)8(16)6(2)18-9(11)14-5-4-7(15)13-10(14)17/h1,4-5,8-9,16H,2H2,(H,13,15,17). The summed E-state index contributed by atoms with van der Waals surface area (Å²) in [6.45, 7) is 3.31. The van der Waals surface area contributed by atoms with Crippen molar-refractivity contribution in [3.8, 4) is 12.3 Å². The van der Waals surface area contributed by atoms with E-state index < -0.39 is 29.2 Å². The van der Waals surface area contributed by atoms with E-state index in [9.17, 15) is 19.1 Å². The third-order valence-electron chi connectivity index (χ3n) is 2.65. The fourth-order valence-corrected chi connectivity index (χ4v) is 1.68. The second-order valence-electron chi connectivity index (χ2n) is 3.77. The molecule has 1 aromatic rings. The second-order valence-corrected chi connectivity index (χ2v) is 3.77. The van der Waals surface area contributed by atoms with Crippen molar-refractivity contribution in [2.75, 3.05) is 0 Å². The molecule has 0 aliphatic carbocycles. The Labute approximate surface area is 100 Å². The summed E-state index contributed by atoms with van der Waals surface area (Å²) < 4.78 is 20.1. The lowest BCUT2D eigenvalue weighted by Crippen LogP contribution is -2.43. The van der Waals surface area contributed by atoms with Crippen LogP contribution < -0.4 is 11.2 Å². The fourth-order valence-electron chi connectivity index (χ4n) is 1.68. The number of alkyl halides is 1. The Balaban J connectivity index is 2.58. The number of nitrogens with zero attached hydrogens (tertiary/aromatic N) is 1. The van der Waals surface area contributed by atoms with Crippen molar-refractivity contribution in [1.82, 2.24) is 9.55 Å². The van der Waals surface area contributed by atoms with Gasteiger partial charge in [-0.3, -0.25) is 14.3 Å². The number of ether oxygens (including phenoxy) is 1. The normalized spacial score (nSPS) is 30.8. The van der Waals surface area contributed by atoms with Gasteiger partial charge in [0.2, 0.25) is 6.23 Å². The average Bonchev–Trinajstić information content (AvgIpc) is 2.55. The Morgan fingerprint density at radius 2 is 2.33 bits per heavy atom. The number of aromatic nitrogens is 2. The van der Waals surface area contributed by atoms with E-state index in [0.29, 0.717) is 0 Å². The van der Waals surface area contributed by atoms with Crippen LogP contribution in [0.3, 0.4) is 0 Å². The van der Waals surface area contributed by atoms with Crippen LogP contribution >= 0.6 is 0 Å². The molecule has 0 aromatic carbocycles. The topological polar surface area (TPSA) is 84.3 Å². The van der Waals surface area contributed by atoms with E-state index in [4.69, 9.17) is 11.2 Å². The number of terminal acetylenes is 1. The molecule has 0 amide bonds. The van der Waals surface area contributed by atoms with E-state index >= 15 is 0 Å². The lowest BCUT2D eigenvalue weighted by atomic mass is 9.99. The van der Waals surface area contributed by atoms with Gasteiger partial charge in [0.15, 0.2) is 6.10 Å². The molecular formula is C11H9FN2O4. The van der Waals surface area contributed by atoms with Crippen LogP contribution in [0.5, 0.6) is 0 Å². The molecule has 94 valence electrons. The van der Waals surface area contributed by atoms with Gasteiger partial charge >= 0.3 is 5.69 Å². The molecule has 0 spiro atoms. The lowest BCUT2D eigenvalue weighted by molar-refractivity contribution is -0.00876. The predicted octanol–water partition coefficient (Wildman–Crippen LogP) is -0.719. The van der Waals surface area contributed by atoms with E-state index in [2.05, 4.69) is 6.58 Å². The highest BCUT2D eigenvalue weighted by atomic mass is 19.1. The molecule has 1 saturated heterocycles. The van der Waals surface area contributed by atoms with Crippen molar-refractivity contribution in [3.05, 3.63) is 45.4 Å². The summed E-state index contributed by atoms with van der Waals surface area (Å²) in [5.74, 6) is 1.48. The summed E-state index contributed by atoms with van der Waals surface area (Å²) in [5.41, 5.74) is -4.16. The van der Waals surface area contributed by atoms with Crippen molar-refractivity contribution in [2.45, 2.75) is 18.0 Å². The highest BCUT2D eigenvalue weighted by molar-refractivity contribution is 5.25. The van der Waals surface area contributed by atoms with E-state index in [1.54, 1.807) is 5.92 Å². The first-order valence-corrected chi connectivity index (χ1v) is 4.92. The Bertz CT molecular complexity index is 656. The zero-order chi connectivity index (χ0) is 13.5. The summed E-state index contributed by atoms with van der Waals surface area (Å²) in [7, 11) is 0. The SMILES string of the molecule is C#CC1(F)C(O)C(=C)OC1n1ccc(=O)[nH]c1=O. The zero-order valence-electron chi connectivity index (χ0n) is 9.09. The van der Waals surface area contributed by atoms with Crippen LogP contribution in [-0.4, -0.2) is 26.4 Å². The first-order valence-electron chi connectivity index (χ1n) is 4.92. The Kier molecular flexibility index (Phi) is 2.60. The summed E-state index contributed by atoms with van der Waals surface area (Å²) in [5, 5.41) is 9.56. The number of hydrogen-bond acceptors (Lipinski definition) is 4. The quantitative estimate of drug-likeness (QED) is 0.646. The minimum Gasteiger partial charge on any atom is -0.467 e. The highest BCUT2D eigenvalue weighted by Gasteiger charge is 2.55. The van der Waals surface area contributed by atoms with Crippen LogP contribution in [0.4, 0.5) is 4.39 Å². The molecule has 6 nitrogen and oxygen atoms in total. The van der Waals surface area contributed by atoms with Gasteiger partial charge in [-0.1, -0.05) is 12.5 Å². The second kappa shape index (κ2) is 3.85. The molecule has 3 atom stereocenters. The monoisotopic (exact) mass is 252 g/mol. The Morgan fingerprint density at radius 1 is 1.67 bits per heavy atom. The van der Waals surface area contributed by atoms with Crippen LogP contribution in [-0.2, 0) is 4.74 Å². The largest absolute Gasteiger partial charge is 0.467 e. The van der Waals surface area contributed by atoms with E-state index in [1.807, 2.05) is 4.98 Å². The summed E-state index contributed by atoms with van der Waals surface area (Å²) in [6, 6.07) is 1.01. The third-order valence-corrected chi connectivity index (χ3v) is 2.65. The van der Waals surface area contributed by atoms with Crippen molar-refractivity contribution >= 4 is 0 Å². The number of rotatable bonds is 1. The first kappa shape index (κ1) is 12.1. The molecule has 0 bridgehead atoms. The molecule has 18 heavy (non-hydrogen) atoms. The smallest absolute Gasteiger partial charge is 0.331 e. The first-order chi connectivity index (χ1) is 8.40. The molecule has 1 aromatic heterocycles. The number of H-pyrrole nitrogens is 1. The molecule has 0 radical (unpaired) electrons. The molecule has 7 heteroatoms. The summed E-state index contributed by atoms with van der Waals surface area (Å²) >= 11 is 0. The molecule has 1 aliphatic rings. The van der Waals surface area contributed by atoms with Gasteiger partial charge in [-0.25, -0.2) is 9.18 Å². The van der Waals surface area contributed by atoms with Crippen molar-refractivity contribution in [3.63, 3.8) is 0 Å². The zero-order valence-corrected chi connectivity index (χ0v) is 9.09. The molecule has 2 rings (SSSR count). The number of aliphatic hydroxyl groups is 1. The van der Waals surface area contributed by atoms with Crippen LogP contribution in [0.2, 0.25) is 0 Å². The highest BCUT2D eigenvalue weighted by Crippen LogP contribution is 2.41. The molecule has 0 saturated carbocycles. The van der Waals surface area contributed by atoms with Gasteiger partial charge in [-0.05, 0) is 0 Å². The van der Waals surface area contributed by atoms with Crippen molar-refractivity contribution in [2.24, 2.45) is 0 Å². The van der Waals surface area contributed by atoms with Gasteiger partial charge in [0, 0.05) is 12.3 Å². The van der Waals surface area contributed by atoms with E-state index in [0.717, 1.165) is 16.8 Å². The lowest BCUT2D eigenvalue weighted by Gasteiger charge is -2.22. The van der Waals surface area contributed by atoms with Crippen LogP contribution in [0.25, 0.3) is 0 Å². The molecular weight excluding hydrogens is 243 g/mol. The average molecular weight is 252 g/mol. The third kappa shape index (κ3) is 1.55. The molecule has 1 fully saturated rings. The van der Waals surface area contributed by atoms with Crippen molar-refractivity contribution < 1.29 is 14.2 Å². The molecule has 2 heterocycles. The molecule has 2 N–H and O–H groups in total. The maximum atomic E-state index is 14.4. The minimum atomic E-state index is -2.63. The Hall–Kier alpha value is -2.33. The van der Waals surface area contributed by atoms with Gasteiger partial charge in [0.1, 0.15) is 5.76 Å². The van der Waals surface area contributed by atoms with Gasteiger partial charge < -0.3 is 9.84 Å². The minimum absolute atomic E-state index is 0.279. The fraction of sp³-hybridized carbons (Fsp3) is 0.273. The predicted molar refractivity (Wildman–Crippen MR) is 59.3 cm³/mol. The van der Waals surface area contributed by atoms with Crippen LogP contribution in [0, 0.1) is 12.3 Å². The van der Waals surface area contributed by atoms with Gasteiger partial charge in [-0.15, -0.1) is 6.42 Å². The summed E-state index contributed by atoms with van der Waals surface area (Å²) in [6.07, 6.45) is 2.75. The number of aromatic amines is 1. The van der Waals surface area contributed by atoms with E-state index in [-0.39, 0.29) is 5.76 Å². The van der Waals surface area contributed by atoms with Gasteiger partial charge in [0.25, 0.3) is 11.2 Å². The number of halogens is 1. The van der Waals surface area contributed by atoms with E-state index in [1.165, 1.54) is 0 Å².